The maximum absolute atomic E-state index is 12.1. The van der Waals surface area contributed by atoms with Gasteiger partial charge in [-0.2, -0.15) is 0 Å². The van der Waals surface area contributed by atoms with Crippen LogP contribution in [0.5, 0.6) is 5.75 Å². The van der Waals surface area contributed by atoms with E-state index in [1.165, 1.54) is 11.3 Å². The lowest BCUT2D eigenvalue weighted by Gasteiger charge is -2.26. The normalized spacial score (nSPS) is 19.6. The number of nitrogens with one attached hydrogen (secondary N) is 1. The molecule has 0 saturated carbocycles. The number of carbonyl (C=O) groups is 2. The van der Waals surface area contributed by atoms with Gasteiger partial charge in [-0.15, -0.1) is 11.3 Å². The van der Waals surface area contributed by atoms with Crippen LogP contribution in [0.15, 0.2) is 30.5 Å². The van der Waals surface area contributed by atoms with Crippen LogP contribution in [-0.2, 0) is 16.1 Å². The van der Waals surface area contributed by atoms with Crippen molar-refractivity contribution in [2.75, 3.05) is 13.1 Å². The monoisotopic (exact) mass is 485 g/mol. The molecule has 2 amide bonds. The second-order valence-electron chi connectivity index (χ2n) is 8.49. The van der Waals surface area contributed by atoms with Gasteiger partial charge < -0.3 is 15.2 Å². The third-order valence-electron chi connectivity index (χ3n) is 6.10. The highest BCUT2D eigenvalue weighted by atomic mass is 35.5. The van der Waals surface area contributed by atoms with Crippen molar-refractivity contribution in [2.45, 2.75) is 44.9 Å². The lowest BCUT2D eigenvalue weighted by molar-refractivity contribution is -0.141. The second-order valence-corrected chi connectivity index (χ2v) is 10.1. The number of ether oxygens (including phenoxy) is 1. The Bertz CT molecular complexity index is 1240. The molecule has 2 fully saturated rings. The third-order valence-corrected chi connectivity index (χ3v) is 7.46. The standard InChI is InChI=1S/C24H24ClN3O4S/c1-13-8-14(25)9-18(22(13)32-15-2-5-26-6-3-15)17-4-7-27-19-10-16(33-23(17)19)12-28-21(30)11-20(29)24(28)31/h4,7-10,15,20,26,29H,2-3,5-6,11-12H2,1H3/t20-/m0/s1. The highest BCUT2D eigenvalue weighted by molar-refractivity contribution is 7.19. The Morgan fingerprint density at radius 1 is 1.24 bits per heavy atom. The molecule has 9 heteroatoms. The topological polar surface area (TPSA) is 91.8 Å². The summed E-state index contributed by atoms with van der Waals surface area (Å²) in [6.07, 6.45) is 2.37. The fourth-order valence-electron chi connectivity index (χ4n) is 4.43. The van der Waals surface area contributed by atoms with Crippen molar-refractivity contribution >= 4 is 45.0 Å². The molecule has 4 heterocycles. The number of carbonyl (C=O) groups excluding carboxylic acids is 2. The van der Waals surface area contributed by atoms with Crippen molar-refractivity contribution < 1.29 is 19.4 Å². The van der Waals surface area contributed by atoms with Crippen LogP contribution in [0.1, 0.15) is 29.7 Å². The van der Waals surface area contributed by atoms with Gasteiger partial charge in [0.1, 0.15) is 18.0 Å². The Morgan fingerprint density at radius 3 is 2.76 bits per heavy atom. The molecule has 2 saturated heterocycles. The van der Waals surface area contributed by atoms with Gasteiger partial charge in [0, 0.05) is 27.2 Å². The van der Waals surface area contributed by atoms with Crippen LogP contribution in [0.2, 0.25) is 5.02 Å². The number of benzene rings is 1. The number of nitrogens with zero attached hydrogens (tertiary/aromatic N) is 2. The van der Waals surface area contributed by atoms with Crippen molar-refractivity contribution in [3.63, 3.8) is 0 Å². The van der Waals surface area contributed by atoms with E-state index < -0.39 is 12.0 Å². The van der Waals surface area contributed by atoms with Gasteiger partial charge in [0.25, 0.3) is 5.91 Å². The van der Waals surface area contributed by atoms with Crippen LogP contribution in [0.25, 0.3) is 21.3 Å². The lowest BCUT2D eigenvalue weighted by Crippen LogP contribution is -2.34. The van der Waals surface area contributed by atoms with Crippen LogP contribution < -0.4 is 10.1 Å². The summed E-state index contributed by atoms with van der Waals surface area (Å²) in [6, 6.07) is 7.66. The Labute approximate surface area is 200 Å². The number of amides is 2. The molecule has 0 aliphatic carbocycles. The number of fused-ring (bicyclic) bond motifs is 1. The predicted molar refractivity (Wildman–Crippen MR) is 128 cm³/mol. The van der Waals surface area contributed by atoms with Gasteiger partial charge in [0.05, 0.1) is 23.2 Å². The number of thiophene rings is 1. The minimum absolute atomic E-state index is 0.127. The van der Waals surface area contributed by atoms with Gasteiger partial charge in [-0.05, 0) is 62.7 Å². The molecular weight excluding hydrogens is 462 g/mol. The van der Waals surface area contributed by atoms with Crippen molar-refractivity contribution in [3.05, 3.63) is 45.9 Å². The van der Waals surface area contributed by atoms with Crippen molar-refractivity contribution in [1.82, 2.24) is 15.2 Å². The summed E-state index contributed by atoms with van der Waals surface area (Å²) in [7, 11) is 0. The van der Waals surface area contributed by atoms with Crippen LogP contribution in [0.4, 0.5) is 0 Å². The van der Waals surface area contributed by atoms with E-state index in [0.717, 1.165) is 68.4 Å². The fourth-order valence-corrected chi connectivity index (χ4v) is 5.83. The Kier molecular flexibility index (Phi) is 6.09. The lowest BCUT2D eigenvalue weighted by atomic mass is 10.0. The number of aryl methyl sites for hydroxylation is 1. The van der Waals surface area contributed by atoms with E-state index in [-0.39, 0.29) is 25.0 Å². The number of halogens is 1. The van der Waals surface area contributed by atoms with E-state index in [0.29, 0.717) is 5.02 Å². The van der Waals surface area contributed by atoms with Crippen molar-refractivity contribution in [1.29, 1.82) is 0 Å². The average molecular weight is 486 g/mol. The smallest absolute Gasteiger partial charge is 0.258 e. The number of hydrogen-bond donors (Lipinski definition) is 2. The number of likely N-dealkylation sites (tertiary alicyclic amines) is 1. The highest BCUT2D eigenvalue weighted by Gasteiger charge is 2.37. The summed E-state index contributed by atoms with van der Waals surface area (Å²) in [5, 5.41) is 13.7. The highest BCUT2D eigenvalue weighted by Crippen LogP contribution is 2.42. The second kappa shape index (κ2) is 9.02. The molecule has 3 aromatic rings. The molecule has 1 aromatic carbocycles. The minimum atomic E-state index is -1.25. The Hall–Kier alpha value is -2.52. The Balaban J connectivity index is 1.54. The molecule has 33 heavy (non-hydrogen) atoms. The zero-order valence-corrected chi connectivity index (χ0v) is 19.7. The van der Waals surface area contributed by atoms with Gasteiger partial charge >= 0.3 is 0 Å². The Morgan fingerprint density at radius 2 is 2.03 bits per heavy atom. The molecule has 0 bridgehead atoms. The number of imide groups is 1. The SMILES string of the molecule is Cc1cc(Cl)cc(-c2ccnc3cc(CN4C(=O)C[C@H](O)C4=O)sc23)c1OC1CCNCC1. The van der Waals surface area contributed by atoms with E-state index in [1.54, 1.807) is 6.20 Å². The number of rotatable bonds is 5. The molecule has 0 unspecified atom stereocenters. The number of piperidine rings is 1. The summed E-state index contributed by atoms with van der Waals surface area (Å²) in [5.74, 6) is -0.0863. The van der Waals surface area contributed by atoms with Crippen LogP contribution in [0, 0.1) is 6.92 Å². The van der Waals surface area contributed by atoms with E-state index in [9.17, 15) is 14.7 Å². The maximum Gasteiger partial charge on any atom is 0.258 e. The van der Waals surface area contributed by atoms with Crippen molar-refractivity contribution in [3.8, 4) is 16.9 Å². The van der Waals surface area contributed by atoms with E-state index >= 15 is 0 Å². The molecule has 7 nitrogen and oxygen atoms in total. The van der Waals surface area contributed by atoms with Gasteiger partial charge in [0.2, 0.25) is 5.91 Å². The summed E-state index contributed by atoms with van der Waals surface area (Å²) in [4.78, 5) is 30.7. The number of aliphatic hydroxyl groups is 1. The summed E-state index contributed by atoms with van der Waals surface area (Å²) in [6.45, 7) is 3.99. The molecule has 0 spiro atoms. The first-order valence-corrected chi connectivity index (χ1v) is 12.2. The zero-order valence-electron chi connectivity index (χ0n) is 18.1. The van der Waals surface area contributed by atoms with E-state index in [1.807, 2.05) is 31.2 Å². The van der Waals surface area contributed by atoms with Crippen LogP contribution in [-0.4, -0.2) is 52.1 Å². The molecule has 5 rings (SSSR count). The first-order chi connectivity index (χ1) is 15.9. The predicted octanol–water partition coefficient (Wildman–Crippen LogP) is 3.68. The molecule has 2 aliphatic rings. The molecule has 2 aliphatic heterocycles. The minimum Gasteiger partial charge on any atom is -0.489 e. The van der Waals surface area contributed by atoms with E-state index in [2.05, 4.69) is 10.3 Å². The summed E-state index contributed by atoms with van der Waals surface area (Å²) >= 11 is 7.93. The zero-order chi connectivity index (χ0) is 23.1. The molecule has 2 aromatic heterocycles. The quantitative estimate of drug-likeness (QED) is 0.536. The first-order valence-electron chi connectivity index (χ1n) is 11.0. The number of aliphatic hydroxyl groups excluding tert-OH is 1. The average Bonchev–Trinajstić information content (AvgIpc) is 3.31. The molecule has 1 atom stereocenters. The molecule has 172 valence electrons. The number of aromatic nitrogens is 1. The fraction of sp³-hybridized carbons (Fsp3) is 0.375. The molecular formula is C24H24ClN3O4S. The van der Waals surface area contributed by atoms with Gasteiger partial charge in [0.15, 0.2) is 0 Å². The number of pyridine rings is 1. The van der Waals surface area contributed by atoms with Gasteiger partial charge in [-0.1, -0.05) is 11.6 Å². The maximum atomic E-state index is 12.1. The first kappa shape index (κ1) is 22.3. The van der Waals surface area contributed by atoms with Gasteiger partial charge in [-0.3, -0.25) is 19.5 Å². The van der Waals surface area contributed by atoms with E-state index in [4.69, 9.17) is 16.3 Å². The van der Waals surface area contributed by atoms with Gasteiger partial charge in [-0.25, -0.2) is 0 Å². The largest absolute Gasteiger partial charge is 0.489 e. The molecule has 2 N–H and O–H groups in total. The van der Waals surface area contributed by atoms with Crippen LogP contribution >= 0.6 is 22.9 Å². The van der Waals surface area contributed by atoms with Crippen molar-refractivity contribution in [2.24, 2.45) is 0 Å². The molecule has 0 radical (unpaired) electrons. The van der Waals surface area contributed by atoms with Crippen LogP contribution in [0.3, 0.4) is 0 Å². The summed E-state index contributed by atoms with van der Waals surface area (Å²) in [5.41, 5.74) is 3.60. The number of hydrogen-bond acceptors (Lipinski definition) is 7. The summed E-state index contributed by atoms with van der Waals surface area (Å²) < 4.78 is 7.42. The third kappa shape index (κ3) is 4.36.